The van der Waals surface area contributed by atoms with E-state index in [0.29, 0.717) is 9.92 Å². The summed E-state index contributed by atoms with van der Waals surface area (Å²) >= 11 is 0. The molecule has 0 fully saturated rings. The van der Waals surface area contributed by atoms with Crippen molar-refractivity contribution in [2.75, 3.05) is 0 Å². The van der Waals surface area contributed by atoms with Crippen LogP contribution in [-0.2, 0) is 9.73 Å². The van der Waals surface area contributed by atoms with Crippen molar-refractivity contribution in [1.82, 2.24) is 9.13 Å². The highest BCUT2D eigenvalue weighted by molar-refractivity contribution is 8.02. The molecule has 0 amide bonds. The molecule has 3 heterocycles. The summed E-state index contributed by atoms with van der Waals surface area (Å²) in [6.45, 7) is 0. The van der Waals surface area contributed by atoms with Crippen LogP contribution >= 0.6 is 0 Å². The quantitative estimate of drug-likeness (QED) is 0.187. The smallest absolute Gasteiger partial charge is 0.126 e. The molecule has 9 aromatic rings. The molecule has 1 atom stereocenters. The lowest BCUT2D eigenvalue weighted by Gasteiger charge is -2.22. The normalized spacial score (nSPS) is 15.8. The standard InChI is InChI=1S/C44H29N3OS/c48-49(33-17-5-2-6-18-33)43(29-31-14-7-10-22-38(31)45-49)47-40-24-12-9-20-36(40)44-34(21-13-25-42(44)47)30-26-27-41-37(28-30)35-19-8-11-23-39(35)46(41)32-15-3-1-4-16-32/h1-29H. The zero-order valence-electron chi connectivity index (χ0n) is 26.4. The minimum atomic E-state index is -3.04. The predicted molar refractivity (Wildman–Crippen MR) is 205 cm³/mol. The molecule has 0 saturated carbocycles. The number of para-hydroxylation sites is 3. The number of fused-ring (bicyclic) bond motifs is 7. The first-order valence-electron chi connectivity index (χ1n) is 16.4. The lowest BCUT2D eigenvalue weighted by atomic mass is 9.98. The van der Waals surface area contributed by atoms with Crippen LogP contribution in [0.15, 0.2) is 179 Å². The summed E-state index contributed by atoms with van der Waals surface area (Å²) in [4.78, 5) is 0.693. The second-order valence-electron chi connectivity index (χ2n) is 12.4. The molecule has 0 saturated heterocycles. The van der Waals surface area contributed by atoms with Gasteiger partial charge in [0, 0.05) is 32.8 Å². The zero-order chi connectivity index (χ0) is 32.5. The molecule has 0 bridgehead atoms. The highest BCUT2D eigenvalue weighted by Gasteiger charge is 2.29. The fraction of sp³-hybridized carbons (Fsp3) is 0. The van der Waals surface area contributed by atoms with E-state index in [0.717, 1.165) is 49.9 Å². The Balaban J connectivity index is 1.26. The van der Waals surface area contributed by atoms with Crippen LogP contribution in [0.4, 0.5) is 5.69 Å². The molecule has 2 aromatic heterocycles. The fourth-order valence-corrected chi connectivity index (χ4v) is 9.69. The minimum absolute atomic E-state index is 0.669. The summed E-state index contributed by atoms with van der Waals surface area (Å²) in [5, 5.41) is 5.32. The lowest BCUT2D eigenvalue weighted by molar-refractivity contribution is 0.682. The average Bonchev–Trinajstić information content (AvgIpc) is 3.68. The minimum Gasteiger partial charge on any atom is -0.309 e. The second-order valence-corrected chi connectivity index (χ2v) is 14.6. The molecule has 4 nitrogen and oxygen atoms in total. The maximum atomic E-state index is 15.4. The van der Waals surface area contributed by atoms with Crippen molar-refractivity contribution in [3.05, 3.63) is 175 Å². The van der Waals surface area contributed by atoms with Gasteiger partial charge in [-0.05, 0) is 77.9 Å². The molecule has 7 aromatic carbocycles. The predicted octanol–water partition coefficient (Wildman–Crippen LogP) is 11.7. The van der Waals surface area contributed by atoms with E-state index in [4.69, 9.17) is 4.36 Å². The Morgan fingerprint density at radius 2 is 1.12 bits per heavy atom. The Kier molecular flexibility index (Phi) is 6.08. The molecule has 232 valence electrons. The third-order valence-electron chi connectivity index (χ3n) is 9.70. The number of rotatable bonds is 4. The van der Waals surface area contributed by atoms with Crippen molar-refractivity contribution in [3.63, 3.8) is 0 Å². The van der Waals surface area contributed by atoms with E-state index in [1.165, 1.54) is 21.8 Å². The first-order chi connectivity index (χ1) is 24.2. The van der Waals surface area contributed by atoms with Gasteiger partial charge in [0.1, 0.15) is 14.8 Å². The molecule has 5 heteroatoms. The van der Waals surface area contributed by atoms with E-state index >= 15 is 4.21 Å². The van der Waals surface area contributed by atoms with Crippen molar-refractivity contribution >= 4 is 70.1 Å². The maximum Gasteiger partial charge on any atom is 0.126 e. The third-order valence-corrected chi connectivity index (χ3v) is 11.9. The van der Waals surface area contributed by atoms with Gasteiger partial charge < -0.3 is 9.13 Å². The van der Waals surface area contributed by atoms with E-state index in [1.54, 1.807) is 0 Å². The SMILES string of the molecule is O=S1(c2ccccc2)=Nc2ccccc2C=C1n1c2ccccc2c2c(-c3ccc4c(c3)c3ccccc3n4-c3ccccc3)cccc21. The largest absolute Gasteiger partial charge is 0.309 e. The van der Waals surface area contributed by atoms with Gasteiger partial charge in [0.2, 0.25) is 0 Å². The summed E-state index contributed by atoms with van der Waals surface area (Å²) in [5.74, 6) is 0. The molecular formula is C44H29N3OS. The molecule has 0 N–H and O–H groups in total. The first-order valence-corrected chi connectivity index (χ1v) is 18.0. The fourth-order valence-electron chi connectivity index (χ4n) is 7.55. The summed E-state index contributed by atoms with van der Waals surface area (Å²) in [6, 6.07) is 58.5. The van der Waals surface area contributed by atoms with E-state index in [2.05, 4.69) is 130 Å². The van der Waals surface area contributed by atoms with E-state index < -0.39 is 9.73 Å². The Morgan fingerprint density at radius 3 is 1.94 bits per heavy atom. The Hall–Kier alpha value is -6.17. The molecule has 1 aliphatic heterocycles. The summed E-state index contributed by atoms with van der Waals surface area (Å²) in [7, 11) is -3.04. The maximum absolute atomic E-state index is 15.4. The molecule has 1 aliphatic rings. The van der Waals surface area contributed by atoms with Crippen LogP contribution in [0.3, 0.4) is 0 Å². The number of hydrogen-bond acceptors (Lipinski definition) is 2. The van der Waals surface area contributed by atoms with Crippen LogP contribution < -0.4 is 0 Å². The van der Waals surface area contributed by atoms with E-state index in [-0.39, 0.29) is 0 Å². The van der Waals surface area contributed by atoms with Crippen LogP contribution in [0.25, 0.3) is 71.5 Å². The van der Waals surface area contributed by atoms with Crippen molar-refractivity contribution in [2.24, 2.45) is 4.36 Å². The van der Waals surface area contributed by atoms with Crippen molar-refractivity contribution in [2.45, 2.75) is 4.90 Å². The van der Waals surface area contributed by atoms with Crippen molar-refractivity contribution in [3.8, 4) is 16.8 Å². The van der Waals surface area contributed by atoms with Crippen molar-refractivity contribution < 1.29 is 4.21 Å². The first kappa shape index (κ1) is 27.9. The number of benzene rings is 7. The van der Waals surface area contributed by atoms with E-state index in [1.807, 2.05) is 54.6 Å². The second kappa shape index (κ2) is 10.7. The van der Waals surface area contributed by atoms with Gasteiger partial charge in [0.15, 0.2) is 0 Å². The molecule has 0 spiro atoms. The summed E-state index contributed by atoms with van der Waals surface area (Å²) < 4.78 is 24.9. The monoisotopic (exact) mass is 647 g/mol. The zero-order valence-corrected chi connectivity index (χ0v) is 27.2. The third kappa shape index (κ3) is 4.13. The lowest BCUT2D eigenvalue weighted by Crippen LogP contribution is -2.12. The van der Waals surface area contributed by atoms with Gasteiger partial charge >= 0.3 is 0 Å². The topological polar surface area (TPSA) is 39.3 Å². The van der Waals surface area contributed by atoms with Crippen molar-refractivity contribution in [1.29, 1.82) is 0 Å². The highest BCUT2D eigenvalue weighted by Crippen LogP contribution is 2.45. The molecular weight excluding hydrogens is 619 g/mol. The molecule has 0 aliphatic carbocycles. The van der Waals surface area contributed by atoms with Gasteiger partial charge in [-0.25, -0.2) is 4.21 Å². The molecule has 0 radical (unpaired) electrons. The van der Waals surface area contributed by atoms with Gasteiger partial charge in [-0.2, -0.15) is 4.36 Å². The van der Waals surface area contributed by atoms with E-state index in [9.17, 15) is 0 Å². The number of nitrogens with zero attached hydrogens (tertiary/aromatic N) is 3. The Morgan fingerprint density at radius 1 is 0.490 bits per heavy atom. The van der Waals surface area contributed by atoms with Crippen LogP contribution in [-0.4, -0.2) is 13.3 Å². The number of hydrogen-bond donors (Lipinski definition) is 0. The van der Waals surface area contributed by atoms with Crippen LogP contribution in [0.5, 0.6) is 0 Å². The van der Waals surface area contributed by atoms with Crippen LogP contribution in [0.2, 0.25) is 0 Å². The highest BCUT2D eigenvalue weighted by atomic mass is 32.2. The van der Waals surface area contributed by atoms with Gasteiger partial charge in [-0.15, -0.1) is 0 Å². The molecule has 10 rings (SSSR count). The van der Waals surface area contributed by atoms with Crippen LogP contribution in [0.1, 0.15) is 5.56 Å². The number of aromatic nitrogens is 2. The Bertz CT molecular complexity index is 2930. The summed E-state index contributed by atoms with van der Waals surface area (Å²) in [6.07, 6.45) is 2.07. The van der Waals surface area contributed by atoms with Gasteiger partial charge in [0.05, 0.1) is 32.6 Å². The Labute approximate surface area is 284 Å². The van der Waals surface area contributed by atoms with Gasteiger partial charge in [-0.1, -0.05) is 109 Å². The van der Waals surface area contributed by atoms with Crippen LogP contribution in [0, 0.1) is 0 Å². The van der Waals surface area contributed by atoms with Gasteiger partial charge in [0.25, 0.3) is 0 Å². The summed E-state index contributed by atoms with van der Waals surface area (Å²) in [5.41, 5.74) is 9.44. The molecule has 1 unspecified atom stereocenters. The van der Waals surface area contributed by atoms with Gasteiger partial charge in [-0.3, -0.25) is 0 Å². The molecule has 49 heavy (non-hydrogen) atoms. The average molecular weight is 648 g/mol.